The van der Waals surface area contributed by atoms with Gasteiger partial charge in [-0.05, 0) is 42.7 Å². The molecule has 1 aromatic rings. The Kier molecular flexibility index (Phi) is 6.59. The van der Waals surface area contributed by atoms with Crippen molar-refractivity contribution in [2.24, 2.45) is 5.92 Å². The van der Waals surface area contributed by atoms with E-state index in [1.165, 1.54) is 10.4 Å². The Balaban J connectivity index is 1.67. The number of hydrogen-bond donors (Lipinski definition) is 2. The van der Waals surface area contributed by atoms with Crippen LogP contribution in [0, 0.1) is 5.92 Å². The molecule has 6 heteroatoms. The van der Waals surface area contributed by atoms with Crippen molar-refractivity contribution >= 4 is 23.2 Å². The zero-order valence-electron chi connectivity index (χ0n) is 13.9. The van der Waals surface area contributed by atoms with Crippen LogP contribution in [-0.4, -0.2) is 41.0 Å². The van der Waals surface area contributed by atoms with Gasteiger partial charge in [-0.3, -0.25) is 9.59 Å². The first-order chi connectivity index (χ1) is 11.0. The molecule has 128 valence electrons. The fourth-order valence-electron chi connectivity index (χ4n) is 2.88. The van der Waals surface area contributed by atoms with E-state index in [-0.39, 0.29) is 36.7 Å². The SMILES string of the molecule is CC(O)CC(C)CNC(=O)CCC(=O)N1CCc2sccc2C1. The summed E-state index contributed by atoms with van der Waals surface area (Å²) in [6.45, 7) is 5.70. The molecule has 0 spiro atoms. The number of carbonyl (C=O) groups is 2. The molecule has 2 heterocycles. The Morgan fingerprint density at radius 3 is 2.91 bits per heavy atom. The summed E-state index contributed by atoms with van der Waals surface area (Å²) in [7, 11) is 0. The minimum Gasteiger partial charge on any atom is -0.393 e. The van der Waals surface area contributed by atoms with Crippen LogP contribution in [-0.2, 0) is 22.6 Å². The Morgan fingerprint density at radius 2 is 2.17 bits per heavy atom. The molecule has 2 amide bonds. The third-order valence-electron chi connectivity index (χ3n) is 4.12. The van der Waals surface area contributed by atoms with Crippen LogP contribution in [0.15, 0.2) is 11.4 Å². The van der Waals surface area contributed by atoms with Gasteiger partial charge in [0.05, 0.1) is 6.10 Å². The van der Waals surface area contributed by atoms with Crippen molar-refractivity contribution < 1.29 is 14.7 Å². The molecule has 23 heavy (non-hydrogen) atoms. The lowest BCUT2D eigenvalue weighted by Crippen LogP contribution is -2.36. The van der Waals surface area contributed by atoms with Crippen molar-refractivity contribution in [3.8, 4) is 0 Å². The Labute approximate surface area is 141 Å². The lowest BCUT2D eigenvalue weighted by Gasteiger charge is -2.27. The maximum absolute atomic E-state index is 12.2. The van der Waals surface area contributed by atoms with Gasteiger partial charge in [-0.2, -0.15) is 0 Å². The van der Waals surface area contributed by atoms with Crippen LogP contribution < -0.4 is 5.32 Å². The van der Waals surface area contributed by atoms with E-state index in [1.807, 2.05) is 11.8 Å². The number of rotatable bonds is 7. The van der Waals surface area contributed by atoms with Crippen LogP contribution in [0.3, 0.4) is 0 Å². The average molecular weight is 338 g/mol. The molecule has 1 aliphatic heterocycles. The second-order valence-corrected chi connectivity index (χ2v) is 7.43. The van der Waals surface area contributed by atoms with E-state index in [0.29, 0.717) is 19.5 Å². The zero-order chi connectivity index (χ0) is 16.8. The van der Waals surface area contributed by atoms with Crippen molar-refractivity contribution in [2.45, 2.75) is 52.2 Å². The molecule has 2 rings (SSSR count). The Hall–Kier alpha value is -1.40. The summed E-state index contributed by atoms with van der Waals surface area (Å²) in [6.07, 6.45) is 1.71. The first-order valence-electron chi connectivity index (χ1n) is 8.23. The van der Waals surface area contributed by atoms with Crippen molar-refractivity contribution in [3.05, 3.63) is 21.9 Å². The van der Waals surface area contributed by atoms with Crippen LogP contribution in [0.4, 0.5) is 0 Å². The highest BCUT2D eigenvalue weighted by Gasteiger charge is 2.21. The van der Waals surface area contributed by atoms with Crippen LogP contribution >= 0.6 is 11.3 Å². The number of fused-ring (bicyclic) bond motifs is 1. The number of nitrogens with one attached hydrogen (secondary N) is 1. The number of aliphatic hydroxyl groups excluding tert-OH is 1. The number of carbonyl (C=O) groups excluding carboxylic acids is 2. The number of thiophene rings is 1. The van der Waals surface area contributed by atoms with Gasteiger partial charge in [-0.15, -0.1) is 11.3 Å². The standard InChI is InChI=1S/C17H26N2O3S/c1-12(9-13(2)20)10-18-16(21)3-4-17(22)19-7-5-15-14(11-19)6-8-23-15/h6,8,12-13,20H,3-5,7,9-11H2,1-2H3,(H,18,21). The molecular formula is C17H26N2O3S. The summed E-state index contributed by atoms with van der Waals surface area (Å²) in [5.41, 5.74) is 1.24. The molecular weight excluding hydrogens is 312 g/mol. The van der Waals surface area contributed by atoms with E-state index < -0.39 is 0 Å². The molecule has 0 saturated heterocycles. The van der Waals surface area contributed by atoms with Gasteiger partial charge in [0.15, 0.2) is 0 Å². The van der Waals surface area contributed by atoms with Gasteiger partial charge < -0.3 is 15.3 Å². The molecule has 2 atom stereocenters. The smallest absolute Gasteiger partial charge is 0.223 e. The van der Waals surface area contributed by atoms with Gasteiger partial charge in [-0.25, -0.2) is 0 Å². The molecule has 0 bridgehead atoms. The first kappa shape index (κ1) is 17.9. The highest BCUT2D eigenvalue weighted by atomic mass is 32.1. The molecule has 2 N–H and O–H groups in total. The average Bonchev–Trinajstić information content (AvgIpc) is 2.97. The van der Waals surface area contributed by atoms with Crippen LogP contribution in [0.5, 0.6) is 0 Å². The third kappa shape index (κ3) is 5.62. The monoisotopic (exact) mass is 338 g/mol. The maximum Gasteiger partial charge on any atom is 0.223 e. The maximum atomic E-state index is 12.2. The van der Waals surface area contributed by atoms with Gasteiger partial charge >= 0.3 is 0 Å². The van der Waals surface area contributed by atoms with E-state index in [0.717, 1.165) is 13.0 Å². The summed E-state index contributed by atoms with van der Waals surface area (Å²) in [4.78, 5) is 27.3. The Bertz CT molecular complexity index is 542. The molecule has 0 fully saturated rings. The number of nitrogens with zero attached hydrogens (tertiary/aromatic N) is 1. The van der Waals surface area contributed by atoms with E-state index in [1.54, 1.807) is 18.3 Å². The van der Waals surface area contributed by atoms with Crippen LogP contribution in [0.2, 0.25) is 0 Å². The Morgan fingerprint density at radius 1 is 1.39 bits per heavy atom. The molecule has 0 saturated carbocycles. The summed E-state index contributed by atoms with van der Waals surface area (Å²) in [5, 5.41) is 14.2. The molecule has 0 radical (unpaired) electrons. The fraction of sp³-hybridized carbons (Fsp3) is 0.647. The highest BCUT2D eigenvalue weighted by molar-refractivity contribution is 7.10. The molecule has 1 aliphatic rings. The number of amides is 2. The molecule has 2 unspecified atom stereocenters. The summed E-state index contributed by atoms with van der Waals surface area (Å²) < 4.78 is 0. The van der Waals surface area contributed by atoms with E-state index in [9.17, 15) is 14.7 Å². The summed E-state index contributed by atoms with van der Waals surface area (Å²) in [5.74, 6) is 0.187. The zero-order valence-corrected chi connectivity index (χ0v) is 14.7. The van der Waals surface area contributed by atoms with E-state index >= 15 is 0 Å². The lowest BCUT2D eigenvalue weighted by atomic mass is 10.0. The summed E-state index contributed by atoms with van der Waals surface area (Å²) >= 11 is 1.75. The highest BCUT2D eigenvalue weighted by Crippen LogP contribution is 2.24. The van der Waals surface area contributed by atoms with Crippen LogP contribution in [0.1, 0.15) is 43.6 Å². The molecule has 0 aliphatic carbocycles. The predicted molar refractivity (Wildman–Crippen MR) is 91.1 cm³/mol. The molecule has 0 aromatic carbocycles. The number of hydrogen-bond acceptors (Lipinski definition) is 4. The van der Waals surface area contributed by atoms with E-state index in [4.69, 9.17) is 0 Å². The van der Waals surface area contributed by atoms with Gasteiger partial charge in [0.1, 0.15) is 0 Å². The second kappa shape index (κ2) is 8.45. The van der Waals surface area contributed by atoms with Crippen LogP contribution in [0.25, 0.3) is 0 Å². The molecule has 1 aromatic heterocycles. The second-order valence-electron chi connectivity index (χ2n) is 6.43. The van der Waals surface area contributed by atoms with Crippen molar-refractivity contribution in [1.82, 2.24) is 10.2 Å². The van der Waals surface area contributed by atoms with Gasteiger partial charge in [0, 0.05) is 37.4 Å². The quantitative estimate of drug-likeness (QED) is 0.798. The molecule has 5 nitrogen and oxygen atoms in total. The van der Waals surface area contributed by atoms with Gasteiger partial charge in [0.2, 0.25) is 11.8 Å². The minimum atomic E-state index is -0.357. The van der Waals surface area contributed by atoms with Gasteiger partial charge in [-0.1, -0.05) is 6.92 Å². The van der Waals surface area contributed by atoms with Gasteiger partial charge in [0.25, 0.3) is 0 Å². The first-order valence-corrected chi connectivity index (χ1v) is 9.11. The number of aliphatic hydroxyl groups is 1. The van der Waals surface area contributed by atoms with Crippen molar-refractivity contribution in [3.63, 3.8) is 0 Å². The summed E-state index contributed by atoms with van der Waals surface area (Å²) in [6, 6.07) is 2.08. The lowest BCUT2D eigenvalue weighted by molar-refractivity contribution is -0.134. The van der Waals surface area contributed by atoms with Crippen molar-refractivity contribution in [1.29, 1.82) is 0 Å². The fourth-order valence-corrected chi connectivity index (χ4v) is 3.77. The predicted octanol–water partition coefficient (Wildman–Crippen LogP) is 1.94. The normalized spacial score (nSPS) is 16.6. The van der Waals surface area contributed by atoms with Crippen molar-refractivity contribution in [2.75, 3.05) is 13.1 Å². The minimum absolute atomic E-state index is 0.0500. The topological polar surface area (TPSA) is 69.6 Å². The van der Waals surface area contributed by atoms with E-state index in [2.05, 4.69) is 16.8 Å². The largest absolute Gasteiger partial charge is 0.393 e. The third-order valence-corrected chi connectivity index (χ3v) is 5.14.